The molecule has 0 bridgehead atoms. The molecular formula is C19H21F3N2O2. The first-order chi connectivity index (χ1) is 12.2. The average Bonchev–Trinajstić information content (AvgIpc) is 2.54. The number of nitrogens with zero attached hydrogens (tertiary/aromatic N) is 1. The highest BCUT2D eigenvalue weighted by Crippen LogP contribution is 2.27. The van der Waals surface area contributed by atoms with Crippen molar-refractivity contribution in [3.63, 3.8) is 0 Å². The van der Waals surface area contributed by atoms with Gasteiger partial charge in [-0.1, -0.05) is 30.3 Å². The molecule has 0 fully saturated rings. The second kappa shape index (κ2) is 8.23. The normalized spacial score (nSPS) is 12.7. The molecule has 0 aliphatic rings. The lowest BCUT2D eigenvalue weighted by molar-refractivity contribution is -0.275. The van der Waals surface area contributed by atoms with E-state index in [9.17, 15) is 18.0 Å². The van der Waals surface area contributed by atoms with Crippen molar-refractivity contribution in [2.45, 2.75) is 32.8 Å². The van der Waals surface area contributed by atoms with Gasteiger partial charge in [0.2, 0.25) is 5.91 Å². The second-order valence-electron chi connectivity index (χ2n) is 6.11. The number of hydrogen-bond donors (Lipinski definition) is 1. The third kappa shape index (κ3) is 5.77. The van der Waals surface area contributed by atoms with Crippen LogP contribution in [-0.4, -0.2) is 30.3 Å². The Balaban J connectivity index is 2.05. The number of alkyl halides is 3. The summed E-state index contributed by atoms with van der Waals surface area (Å²) in [4.78, 5) is 14.1. The Bertz CT molecular complexity index is 762. The van der Waals surface area contributed by atoms with E-state index in [1.807, 2.05) is 25.1 Å². The number of rotatable bonds is 6. The summed E-state index contributed by atoms with van der Waals surface area (Å²) in [5.41, 5.74) is 2.04. The van der Waals surface area contributed by atoms with Crippen molar-refractivity contribution in [1.29, 1.82) is 0 Å². The lowest BCUT2D eigenvalue weighted by atomic mass is 10.1. The average molecular weight is 366 g/mol. The zero-order valence-electron chi connectivity index (χ0n) is 14.8. The predicted molar refractivity (Wildman–Crippen MR) is 93.9 cm³/mol. The fraction of sp³-hybridized carbons (Fsp3) is 0.316. The zero-order chi connectivity index (χ0) is 19.3. The first kappa shape index (κ1) is 19.8. The van der Waals surface area contributed by atoms with E-state index in [0.717, 1.165) is 5.56 Å². The molecule has 2 aromatic carbocycles. The van der Waals surface area contributed by atoms with Gasteiger partial charge in [-0.3, -0.25) is 9.69 Å². The third-order valence-corrected chi connectivity index (χ3v) is 3.94. The number of carbonyl (C=O) groups is 1. The predicted octanol–water partition coefficient (Wildman–Crippen LogP) is 4.35. The maximum atomic E-state index is 12.5. The Morgan fingerprint density at radius 3 is 2.54 bits per heavy atom. The molecule has 0 aromatic heterocycles. The number of hydrogen-bond acceptors (Lipinski definition) is 3. The number of likely N-dealkylation sites (N-methyl/N-ethyl adjacent to an activating group) is 1. The number of carbonyl (C=O) groups excluding carboxylic acids is 1. The quantitative estimate of drug-likeness (QED) is 0.826. The number of aryl methyl sites for hydroxylation is 1. The second-order valence-corrected chi connectivity index (χ2v) is 6.11. The van der Waals surface area contributed by atoms with Crippen LogP contribution in [0.2, 0.25) is 0 Å². The van der Waals surface area contributed by atoms with Crippen LogP contribution in [0.5, 0.6) is 5.75 Å². The van der Waals surface area contributed by atoms with Gasteiger partial charge in [-0.2, -0.15) is 0 Å². The number of halogens is 3. The summed E-state index contributed by atoms with van der Waals surface area (Å²) in [6.07, 6.45) is -4.76. The molecule has 0 spiro atoms. The zero-order valence-corrected chi connectivity index (χ0v) is 14.8. The molecule has 0 radical (unpaired) electrons. The van der Waals surface area contributed by atoms with Gasteiger partial charge >= 0.3 is 6.36 Å². The van der Waals surface area contributed by atoms with Crippen molar-refractivity contribution in [2.24, 2.45) is 0 Å². The molecule has 26 heavy (non-hydrogen) atoms. The minimum absolute atomic E-state index is 0.134. The van der Waals surface area contributed by atoms with Crippen molar-refractivity contribution in [3.8, 4) is 5.75 Å². The molecule has 1 amide bonds. The Hall–Kier alpha value is -2.54. The summed E-state index contributed by atoms with van der Waals surface area (Å²) in [6, 6.07) is 12.7. The monoisotopic (exact) mass is 366 g/mol. The number of anilines is 1. The van der Waals surface area contributed by atoms with E-state index in [1.165, 1.54) is 12.1 Å². The topological polar surface area (TPSA) is 41.6 Å². The number of nitrogens with one attached hydrogen (secondary N) is 1. The Labute approximate surface area is 150 Å². The molecule has 140 valence electrons. The number of amides is 1. The van der Waals surface area contributed by atoms with Crippen LogP contribution in [0.25, 0.3) is 0 Å². The van der Waals surface area contributed by atoms with Gasteiger partial charge in [0.1, 0.15) is 5.75 Å². The van der Waals surface area contributed by atoms with Gasteiger partial charge in [0.25, 0.3) is 0 Å². The van der Waals surface area contributed by atoms with Gasteiger partial charge in [-0.25, -0.2) is 0 Å². The van der Waals surface area contributed by atoms with Crippen LogP contribution in [0.3, 0.4) is 0 Å². The molecule has 0 aliphatic carbocycles. The summed E-state index contributed by atoms with van der Waals surface area (Å²) in [5.74, 6) is -0.509. The summed E-state index contributed by atoms with van der Waals surface area (Å²) in [7, 11) is 1.67. The molecule has 2 rings (SSSR count). The van der Waals surface area contributed by atoms with E-state index < -0.39 is 12.4 Å². The molecule has 4 nitrogen and oxygen atoms in total. The van der Waals surface area contributed by atoms with Crippen molar-refractivity contribution in [1.82, 2.24) is 4.90 Å². The largest absolute Gasteiger partial charge is 0.573 e. The summed E-state index contributed by atoms with van der Waals surface area (Å²) in [5, 5.41) is 2.81. The van der Waals surface area contributed by atoms with Crippen molar-refractivity contribution >= 4 is 11.6 Å². The lowest BCUT2D eigenvalue weighted by Gasteiger charge is -2.25. The van der Waals surface area contributed by atoms with E-state index in [-0.39, 0.29) is 18.2 Å². The summed E-state index contributed by atoms with van der Waals surface area (Å²) < 4.78 is 41.6. The van der Waals surface area contributed by atoms with Gasteiger partial charge < -0.3 is 10.1 Å². The van der Waals surface area contributed by atoms with Crippen LogP contribution in [0.1, 0.15) is 18.1 Å². The standard InChI is InChI=1S/C19H21F3N2O2/c1-13-7-6-9-16(11-13)23-18(25)14(2)24(3)12-15-8-4-5-10-17(15)26-19(20,21)22/h4-11,14H,12H2,1-3H3,(H,23,25). The van der Waals surface area contributed by atoms with E-state index in [0.29, 0.717) is 11.3 Å². The van der Waals surface area contributed by atoms with Crippen LogP contribution in [0, 0.1) is 6.92 Å². The maximum absolute atomic E-state index is 12.5. The molecule has 1 N–H and O–H groups in total. The van der Waals surface area contributed by atoms with E-state index >= 15 is 0 Å². The molecule has 0 saturated heterocycles. The Kier molecular flexibility index (Phi) is 6.26. The highest BCUT2D eigenvalue weighted by atomic mass is 19.4. The van der Waals surface area contributed by atoms with Crippen molar-refractivity contribution < 1.29 is 22.7 Å². The number of ether oxygens (including phenoxy) is 1. The van der Waals surface area contributed by atoms with Crippen LogP contribution < -0.4 is 10.1 Å². The molecular weight excluding hydrogens is 345 g/mol. The highest BCUT2D eigenvalue weighted by molar-refractivity contribution is 5.94. The van der Waals surface area contributed by atoms with Crippen LogP contribution in [-0.2, 0) is 11.3 Å². The van der Waals surface area contributed by atoms with E-state index in [2.05, 4.69) is 10.1 Å². The summed E-state index contributed by atoms with van der Waals surface area (Å²) in [6.45, 7) is 3.75. The third-order valence-electron chi connectivity index (χ3n) is 3.94. The van der Waals surface area contributed by atoms with Gasteiger partial charge in [0.05, 0.1) is 6.04 Å². The van der Waals surface area contributed by atoms with Crippen molar-refractivity contribution in [2.75, 3.05) is 12.4 Å². The molecule has 0 heterocycles. The maximum Gasteiger partial charge on any atom is 0.573 e. The molecule has 2 aromatic rings. The highest BCUT2D eigenvalue weighted by Gasteiger charge is 2.32. The van der Waals surface area contributed by atoms with Gasteiger partial charge in [-0.15, -0.1) is 13.2 Å². The smallest absolute Gasteiger partial charge is 0.405 e. The molecule has 0 saturated carbocycles. The number of para-hydroxylation sites is 1. The van der Waals surface area contributed by atoms with E-state index in [1.54, 1.807) is 37.1 Å². The van der Waals surface area contributed by atoms with Gasteiger partial charge in [0, 0.05) is 17.8 Å². The lowest BCUT2D eigenvalue weighted by Crippen LogP contribution is -2.39. The number of benzene rings is 2. The Morgan fingerprint density at radius 1 is 1.19 bits per heavy atom. The Morgan fingerprint density at radius 2 is 1.88 bits per heavy atom. The minimum Gasteiger partial charge on any atom is -0.405 e. The van der Waals surface area contributed by atoms with Gasteiger partial charge in [0.15, 0.2) is 0 Å². The molecule has 0 aliphatic heterocycles. The first-order valence-electron chi connectivity index (χ1n) is 8.07. The summed E-state index contributed by atoms with van der Waals surface area (Å²) >= 11 is 0. The van der Waals surface area contributed by atoms with Crippen molar-refractivity contribution in [3.05, 3.63) is 59.7 Å². The fourth-order valence-corrected chi connectivity index (χ4v) is 2.43. The van der Waals surface area contributed by atoms with Crippen LogP contribution in [0.4, 0.5) is 18.9 Å². The fourth-order valence-electron chi connectivity index (χ4n) is 2.43. The molecule has 1 unspecified atom stereocenters. The van der Waals surface area contributed by atoms with Gasteiger partial charge in [-0.05, 0) is 44.7 Å². The SMILES string of the molecule is Cc1cccc(NC(=O)C(C)N(C)Cc2ccccc2OC(F)(F)F)c1. The molecule has 1 atom stereocenters. The van der Waals surface area contributed by atoms with E-state index in [4.69, 9.17) is 0 Å². The minimum atomic E-state index is -4.76. The first-order valence-corrected chi connectivity index (χ1v) is 8.07. The van der Waals surface area contributed by atoms with Crippen LogP contribution in [0.15, 0.2) is 48.5 Å². The van der Waals surface area contributed by atoms with Crippen LogP contribution >= 0.6 is 0 Å². The molecule has 7 heteroatoms.